The van der Waals surface area contributed by atoms with Gasteiger partial charge in [0, 0.05) is 44.7 Å². The van der Waals surface area contributed by atoms with E-state index in [9.17, 15) is 0 Å². The highest BCUT2D eigenvalue weighted by Crippen LogP contribution is 2.56. The van der Waals surface area contributed by atoms with Crippen LogP contribution in [0.5, 0.6) is 0 Å². The fourth-order valence-electron chi connectivity index (χ4n) is 9.03. The molecular weight excluding hydrogens is 633 g/mol. The molecule has 52 heavy (non-hydrogen) atoms. The zero-order valence-corrected chi connectivity index (χ0v) is 28.7. The lowest BCUT2D eigenvalue weighted by molar-refractivity contribution is 0.543. The molecule has 2 aliphatic rings. The molecule has 0 saturated heterocycles. The molecule has 0 radical (unpaired) electrons. The molecule has 3 heteroatoms. The molecule has 1 aliphatic carbocycles. The predicted molar refractivity (Wildman–Crippen MR) is 217 cm³/mol. The van der Waals surface area contributed by atoms with Gasteiger partial charge in [0.1, 0.15) is 11.2 Å². The van der Waals surface area contributed by atoms with Crippen LogP contribution < -0.4 is 4.90 Å². The van der Waals surface area contributed by atoms with Crippen molar-refractivity contribution >= 4 is 60.7 Å². The lowest BCUT2D eigenvalue weighted by atomic mass is 9.77. The molecule has 11 rings (SSSR count). The minimum Gasteiger partial charge on any atom is -0.455 e. The second-order valence-corrected chi connectivity index (χ2v) is 14.3. The van der Waals surface area contributed by atoms with Crippen LogP contribution in [-0.2, 0) is 0 Å². The van der Waals surface area contributed by atoms with E-state index >= 15 is 0 Å². The number of fused-ring (bicyclic) bond motifs is 10. The van der Waals surface area contributed by atoms with E-state index < -0.39 is 0 Å². The van der Waals surface area contributed by atoms with Crippen LogP contribution in [0, 0.1) is 0 Å². The molecule has 3 nitrogen and oxygen atoms in total. The number of allylic oxidation sites excluding steroid dienone is 2. The molecule has 3 heterocycles. The normalized spacial score (nSPS) is 18.0. The van der Waals surface area contributed by atoms with E-state index in [0.717, 1.165) is 33.2 Å². The van der Waals surface area contributed by atoms with Crippen LogP contribution in [0.2, 0.25) is 0 Å². The fraction of sp³-hybridized carbons (Fsp3) is 0.0612. The molecule has 2 atom stereocenters. The third-order valence-electron chi connectivity index (χ3n) is 11.4. The number of para-hydroxylation sites is 4. The number of furan rings is 1. The third kappa shape index (κ3) is 4.08. The van der Waals surface area contributed by atoms with Crippen LogP contribution in [0.25, 0.3) is 66.1 Å². The predicted octanol–water partition coefficient (Wildman–Crippen LogP) is 13.0. The number of anilines is 2. The summed E-state index contributed by atoms with van der Waals surface area (Å²) in [6, 6.07) is 58.9. The van der Waals surface area contributed by atoms with Gasteiger partial charge < -0.3 is 13.9 Å². The number of benzene rings is 7. The summed E-state index contributed by atoms with van der Waals surface area (Å²) in [5.74, 6) is 0.137. The van der Waals surface area contributed by atoms with Crippen LogP contribution in [-0.4, -0.2) is 10.1 Å². The maximum absolute atomic E-state index is 6.88. The first-order chi connectivity index (χ1) is 25.7. The monoisotopic (exact) mass is 666 g/mol. The van der Waals surface area contributed by atoms with Gasteiger partial charge >= 0.3 is 0 Å². The number of nitrogens with zero attached hydrogens (tertiary/aromatic N) is 2. The van der Waals surface area contributed by atoms with Gasteiger partial charge in [-0.25, -0.2) is 0 Å². The number of hydrogen-bond acceptors (Lipinski definition) is 2. The summed E-state index contributed by atoms with van der Waals surface area (Å²) in [6.45, 7) is 2.38. The molecule has 2 unspecified atom stereocenters. The first kappa shape index (κ1) is 29.2. The van der Waals surface area contributed by atoms with Gasteiger partial charge in [-0.1, -0.05) is 133 Å². The van der Waals surface area contributed by atoms with Crippen molar-refractivity contribution in [2.45, 2.75) is 18.4 Å². The quantitative estimate of drug-likeness (QED) is 0.186. The van der Waals surface area contributed by atoms with Crippen molar-refractivity contribution in [3.63, 3.8) is 0 Å². The number of rotatable bonds is 4. The van der Waals surface area contributed by atoms with E-state index in [4.69, 9.17) is 4.42 Å². The Hall–Kier alpha value is -6.58. The van der Waals surface area contributed by atoms with Gasteiger partial charge in [0.15, 0.2) is 0 Å². The Kier molecular flexibility index (Phi) is 6.15. The SMILES string of the molecule is CC12C=CC(c3cc4c5ccccc5n(-c5ccccc5)c4c4c3oc3ccccc34)=CC1c1ccccc1N2c1ccc(-c2ccccc2)cc1. The Balaban J connectivity index is 1.12. The van der Waals surface area contributed by atoms with E-state index in [1.165, 1.54) is 55.4 Å². The molecule has 7 aromatic carbocycles. The summed E-state index contributed by atoms with van der Waals surface area (Å²) in [5, 5.41) is 4.74. The topological polar surface area (TPSA) is 21.3 Å². The molecule has 0 amide bonds. The Bertz CT molecular complexity index is 2910. The lowest BCUT2D eigenvalue weighted by Gasteiger charge is -2.40. The minimum absolute atomic E-state index is 0.137. The minimum atomic E-state index is -0.290. The molecule has 0 spiro atoms. The second-order valence-electron chi connectivity index (χ2n) is 14.3. The average Bonchev–Trinajstić information content (AvgIpc) is 3.84. The van der Waals surface area contributed by atoms with Crippen LogP contribution in [0.3, 0.4) is 0 Å². The summed E-state index contributed by atoms with van der Waals surface area (Å²) in [4.78, 5) is 2.53. The van der Waals surface area contributed by atoms with Gasteiger partial charge in [-0.2, -0.15) is 0 Å². The molecule has 1 aliphatic heterocycles. The Morgan fingerprint density at radius 3 is 2.10 bits per heavy atom. The van der Waals surface area contributed by atoms with E-state index in [1.54, 1.807) is 0 Å². The van der Waals surface area contributed by atoms with Crippen molar-refractivity contribution in [3.8, 4) is 16.8 Å². The maximum Gasteiger partial charge on any atom is 0.145 e. The van der Waals surface area contributed by atoms with Gasteiger partial charge in [-0.3, -0.25) is 0 Å². The maximum atomic E-state index is 6.88. The molecule has 0 N–H and O–H groups in total. The van der Waals surface area contributed by atoms with E-state index in [0.29, 0.717) is 0 Å². The zero-order chi connectivity index (χ0) is 34.4. The summed E-state index contributed by atoms with van der Waals surface area (Å²) in [6.07, 6.45) is 7.24. The molecule has 246 valence electrons. The fourth-order valence-corrected chi connectivity index (χ4v) is 9.03. The smallest absolute Gasteiger partial charge is 0.145 e. The van der Waals surface area contributed by atoms with Crippen molar-refractivity contribution in [1.82, 2.24) is 4.57 Å². The summed E-state index contributed by atoms with van der Waals surface area (Å²) >= 11 is 0. The lowest BCUT2D eigenvalue weighted by Crippen LogP contribution is -2.42. The first-order valence-corrected chi connectivity index (χ1v) is 18.1. The van der Waals surface area contributed by atoms with Gasteiger partial charge in [0.25, 0.3) is 0 Å². The molecule has 2 aromatic heterocycles. The van der Waals surface area contributed by atoms with Crippen LogP contribution in [0.1, 0.15) is 24.0 Å². The van der Waals surface area contributed by atoms with Crippen molar-refractivity contribution < 1.29 is 4.42 Å². The highest BCUT2D eigenvalue weighted by Gasteiger charge is 2.47. The molecule has 0 saturated carbocycles. The van der Waals surface area contributed by atoms with E-state index in [1.807, 2.05) is 0 Å². The van der Waals surface area contributed by atoms with Gasteiger partial charge in [0.05, 0.1) is 22.0 Å². The average molecular weight is 667 g/mol. The Morgan fingerprint density at radius 2 is 1.27 bits per heavy atom. The zero-order valence-electron chi connectivity index (χ0n) is 28.7. The molecule has 0 bridgehead atoms. The van der Waals surface area contributed by atoms with Gasteiger partial charge in [-0.05, 0) is 77.7 Å². The molecular formula is C49H34N2O. The Labute approximate surface area is 302 Å². The van der Waals surface area contributed by atoms with E-state index in [-0.39, 0.29) is 11.5 Å². The second kappa shape index (κ2) is 11.0. The van der Waals surface area contributed by atoms with Crippen LogP contribution in [0.4, 0.5) is 11.4 Å². The highest BCUT2D eigenvalue weighted by molar-refractivity contribution is 6.26. The van der Waals surface area contributed by atoms with Crippen LogP contribution in [0.15, 0.2) is 186 Å². The standard InChI is InChI=1S/C49H34N2O/c1-49-29-28-34(30-42(49)38-19-9-12-22-44(38)51(49)36-26-24-33(25-27-36)32-14-4-2-5-15-32)40-31-41-37-18-8-11-21-43(37)50(35-16-6-3-7-17-35)47(41)46-39-20-10-13-23-45(39)52-48(40)46/h2-31,42H,1H3. The summed E-state index contributed by atoms with van der Waals surface area (Å²) < 4.78 is 9.29. The highest BCUT2D eigenvalue weighted by atomic mass is 16.3. The first-order valence-electron chi connectivity index (χ1n) is 18.1. The van der Waals surface area contributed by atoms with Gasteiger partial charge in [0.2, 0.25) is 0 Å². The summed E-state index contributed by atoms with van der Waals surface area (Å²) in [7, 11) is 0. The van der Waals surface area contributed by atoms with E-state index in [2.05, 4.69) is 198 Å². The molecule has 9 aromatic rings. The number of aromatic nitrogens is 1. The third-order valence-corrected chi connectivity index (χ3v) is 11.4. The van der Waals surface area contributed by atoms with Crippen molar-refractivity contribution in [3.05, 3.63) is 193 Å². The van der Waals surface area contributed by atoms with Crippen molar-refractivity contribution in [2.24, 2.45) is 0 Å². The largest absolute Gasteiger partial charge is 0.455 e. The number of hydrogen-bond donors (Lipinski definition) is 0. The van der Waals surface area contributed by atoms with Crippen LogP contribution >= 0.6 is 0 Å². The van der Waals surface area contributed by atoms with Crippen molar-refractivity contribution in [2.75, 3.05) is 4.90 Å². The summed E-state index contributed by atoms with van der Waals surface area (Å²) in [5.41, 5.74) is 13.6. The van der Waals surface area contributed by atoms with Crippen molar-refractivity contribution in [1.29, 1.82) is 0 Å². The molecule has 0 fully saturated rings. The van der Waals surface area contributed by atoms with Gasteiger partial charge in [-0.15, -0.1) is 0 Å². The Morgan fingerprint density at radius 1 is 0.596 bits per heavy atom.